The second-order valence-electron chi connectivity index (χ2n) is 6.35. The summed E-state index contributed by atoms with van der Waals surface area (Å²) in [5.41, 5.74) is 3.80. The van der Waals surface area contributed by atoms with E-state index in [0.29, 0.717) is 5.75 Å². The number of fused-ring (bicyclic) bond motifs is 1. The molecule has 0 atom stereocenters. The number of methoxy groups -OCH3 is 2. The predicted octanol–water partition coefficient (Wildman–Crippen LogP) is 4.54. The number of nitrogens with one attached hydrogen (secondary N) is 1. The van der Waals surface area contributed by atoms with Gasteiger partial charge in [-0.25, -0.2) is 4.39 Å². The lowest BCUT2D eigenvalue weighted by molar-refractivity contribution is 0.375. The average molecular weight is 378 g/mol. The lowest BCUT2D eigenvalue weighted by Gasteiger charge is -2.13. The van der Waals surface area contributed by atoms with Crippen LogP contribution in [-0.2, 0) is 7.05 Å². The molecule has 0 bridgehead atoms. The molecule has 2 aromatic carbocycles. The standard InChI is InChI=1S/C21H19FN4O2/c1-26-12-15(11-24-26)14-6-13-7-16(4-5-18(13)23-10-14)25-19-8-17(27-2)9-20(28-3)21(19)22/h4-12,25H,1-3H3. The van der Waals surface area contributed by atoms with E-state index in [9.17, 15) is 4.39 Å². The summed E-state index contributed by atoms with van der Waals surface area (Å²) >= 11 is 0. The maximum atomic E-state index is 14.6. The fraction of sp³-hybridized carbons (Fsp3) is 0.143. The van der Waals surface area contributed by atoms with Gasteiger partial charge in [0.25, 0.3) is 0 Å². The summed E-state index contributed by atoms with van der Waals surface area (Å²) < 4.78 is 26.7. The molecule has 28 heavy (non-hydrogen) atoms. The number of ether oxygens (including phenoxy) is 2. The molecule has 0 saturated heterocycles. The topological polar surface area (TPSA) is 61.2 Å². The average Bonchev–Trinajstić information content (AvgIpc) is 3.15. The van der Waals surface area contributed by atoms with Gasteiger partial charge in [-0.05, 0) is 24.3 Å². The number of aryl methyl sites for hydroxylation is 1. The van der Waals surface area contributed by atoms with Gasteiger partial charge in [-0.2, -0.15) is 5.10 Å². The van der Waals surface area contributed by atoms with Crippen LogP contribution in [0.25, 0.3) is 22.0 Å². The molecule has 0 aliphatic carbocycles. The highest BCUT2D eigenvalue weighted by Gasteiger charge is 2.13. The summed E-state index contributed by atoms with van der Waals surface area (Å²) in [5, 5.41) is 8.23. The fourth-order valence-corrected chi connectivity index (χ4v) is 3.02. The number of benzene rings is 2. The highest BCUT2D eigenvalue weighted by Crippen LogP contribution is 2.33. The van der Waals surface area contributed by atoms with Crippen molar-refractivity contribution in [3.05, 3.63) is 60.8 Å². The van der Waals surface area contributed by atoms with Crippen LogP contribution in [0.5, 0.6) is 11.5 Å². The molecule has 0 spiro atoms. The van der Waals surface area contributed by atoms with Crippen molar-refractivity contribution in [1.82, 2.24) is 14.8 Å². The predicted molar refractivity (Wildman–Crippen MR) is 107 cm³/mol. The van der Waals surface area contributed by atoms with E-state index in [-0.39, 0.29) is 11.4 Å². The minimum atomic E-state index is -0.481. The Hall–Kier alpha value is -3.61. The normalized spacial score (nSPS) is 10.9. The monoisotopic (exact) mass is 378 g/mol. The molecule has 142 valence electrons. The van der Waals surface area contributed by atoms with Gasteiger partial charge in [0.1, 0.15) is 5.75 Å². The first-order valence-electron chi connectivity index (χ1n) is 8.65. The number of nitrogens with zero attached hydrogens (tertiary/aromatic N) is 3. The van der Waals surface area contributed by atoms with E-state index in [0.717, 1.165) is 27.7 Å². The molecule has 0 aliphatic heterocycles. The maximum absolute atomic E-state index is 14.6. The molecular weight excluding hydrogens is 359 g/mol. The molecule has 2 aromatic heterocycles. The van der Waals surface area contributed by atoms with Gasteiger partial charge < -0.3 is 14.8 Å². The number of hydrogen-bond donors (Lipinski definition) is 1. The van der Waals surface area contributed by atoms with Crippen molar-refractivity contribution in [2.75, 3.05) is 19.5 Å². The van der Waals surface area contributed by atoms with Gasteiger partial charge in [0, 0.05) is 53.8 Å². The first kappa shape index (κ1) is 17.8. The molecule has 0 aliphatic rings. The maximum Gasteiger partial charge on any atom is 0.188 e. The summed E-state index contributed by atoms with van der Waals surface area (Å²) in [4.78, 5) is 4.51. The second-order valence-corrected chi connectivity index (χ2v) is 6.35. The van der Waals surface area contributed by atoms with Gasteiger partial charge >= 0.3 is 0 Å². The number of hydrogen-bond acceptors (Lipinski definition) is 5. The quantitative estimate of drug-likeness (QED) is 0.553. The highest BCUT2D eigenvalue weighted by molar-refractivity contribution is 5.87. The van der Waals surface area contributed by atoms with Crippen molar-refractivity contribution in [3.8, 4) is 22.6 Å². The molecule has 0 unspecified atom stereocenters. The van der Waals surface area contributed by atoms with Gasteiger partial charge in [0.15, 0.2) is 11.6 Å². The van der Waals surface area contributed by atoms with Crippen LogP contribution in [0.15, 0.2) is 55.0 Å². The fourth-order valence-electron chi connectivity index (χ4n) is 3.02. The molecule has 1 N–H and O–H groups in total. The summed E-state index contributed by atoms with van der Waals surface area (Å²) in [6.07, 6.45) is 5.55. The van der Waals surface area contributed by atoms with Crippen LogP contribution >= 0.6 is 0 Å². The third-order valence-electron chi connectivity index (χ3n) is 4.47. The first-order chi connectivity index (χ1) is 13.6. The Morgan fingerprint density at radius 3 is 2.57 bits per heavy atom. The lowest BCUT2D eigenvalue weighted by Crippen LogP contribution is -1.98. The Morgan fingerprint density at radius 2 is 1.86 bits per heavy atom. The SMILES string of the molecule is COc1cc(Nc2ccc3ncc(-c4cnn(C)c4)cc3c2)c(F)c(OC)c1. The van der Waals surface area contributed by atoms with E-state index in [2.05, 4.69) is 15.4 Å². The molecule has 0 saturated carbocycles. The van der Waals surface area contributed by atoms with Gasteiger partial charge in [-0.15, -0.1) is 0 Å². The Balaban J connectivity index is 1.72. The van der Waals surface area contributed by atoms with E-state index in [1.54, 1.807) is 16.9 Å². The van der Waals surface area contributed by atoms with Crippen LogP contribution in [0.1, 0.15) is 0 Å². The Bertz CT molecular complexity index is 1160. The van der Waals surface area contributed by atoms with Crippen LogP contribution in [-0.4, -0.2) is 29.0 Å². The lowest BCUT2D eigenvalue weighted by atomic mass is 10.1. The molecule has 4 rings (SSSR count). The zero-order valence-electron chi connectivity index (χ0n) is 15.7. The van der Waals surface area contributed by atoms with Crippen molar-refractivity contribution < 1.29 is 13.9 Å². The largest absolute Gasteiger partial charge is 0.497 e. The number of aromatic nitrogens is 3. The minimum absolute atomic E-state index is 0.114. The molecule has 2 heterocycles. The van der Waals surface area contributed by atoms with Crippen molar-refractivity contribution in [2.45, 2.75) is 0 Å². The second kappa shape index (κ2) is 7.19. The van der Waals surface area contributed by atoms with Crippen molar-refractivity contribution in [3.63, 3.8) is 0 Å². The van der Waals surface area contributed by atoms with Crippen molar-refractivity contribution >= 4 is 22.3 Å². The summed E-state index contributed by atoms with van der Waals surface area (Å²) in [7, 11) is 4.82. The Kier molecular flexibility index (Phi) is 4.57. The van der Waals surface area contributed by atoms with Crippen LogP contribution in [0.4, 0.5) is 15.8 Å². The minimum Gasteiger partial charge on any atom is -0.497 e. The molecule has 0 radical (unpaired) electrons. The molecule has 6 nitrogen and oxygen atoms in total. The van der Waals surface area contributed by atoms with E-state index in [4.69, 9.17) is 9.47 Å². The zero-order valence-corrected chi connectivity index (χ0v) is 15.7. The summed E-state index contributed by atoms with van der Waals surface area (Å²) in [5.74, 6) is 0.135. The molecule has 0 fully saturated rings. The van der Waals surface area contributed by atoms with E-state index in [1.807, 2.05) is 43.7 Å². The van der Waals surface area contributed by atoms with Gasteiger partial charge in [-0.3, -0.25) is 9.67 Å². The van der Waals surface area contributed by atoms with E-state index < -0.39 is 5.82 Å². The molecule has 4 aromatic rings. The Labute approximate surface area is 161 Å². The van der Waals surface area contributed by atoms with Gasteiger partial charge in [-0.1, -0.05) is 0 Å². The first-order valence-corrected chi connectivity index (χ1v) is 8.65. The summed E-state index contributed by atoms with van der Waals surface area (Å²) in [6.45, 7) is 0. The van der Waals surface area contributed by atoms with Gasteiger partial charge in [0.2, 0.25) is 0 Å². The number of anilines is 2. The number of pyridine rings is 1. The highest BCUT2D eigenvalue weighted by atomic mass is 19.1. The third-order valence-corrected chi connectivity index (χ3v) is 4.47. The molecule has 0 amide bonds. The van der Waals surface area contributed by atoms with Crippen LogP contribution in [0.3, 0.4) is 0 Å². The Morgan fingerprint density at radius 1 is 1.00 bits per heavy atom. The van der Waals surface area contributed by atoms with E-state index in [1.165, 1.54) is 20.3 Å². The van der Waals surface area contributed by atoms with Crippen LogP contribution in [0.2, 0.25) is 0 Å². The summed E-state index contributed by atoms with van der Waals surface area (Å²) in [6, 6.07) is 10.8. The molecule has 7 heteroatoms. The number of rotatable bonds is 5. The van der Waals surface area contributed by atoms with Crippen LogP contribution in [0, 0.1) is 5.82 Å². The third kappa shape index (κ3) is 3.34. The van der Waals surface area contributed by atoms with Crippen LogP contribution < -0.4 is 14.8 Å². The van der Waals surface area contributed by atoms with E-state index >= 15 is 0 Å². The van der Waals surface area contributed by atoms with Crippen molar-refractivity contribution in [1.29, 1.82) is 0 Å². The number of halogens is 1. The molecular formula is C21H19FN4O2. The van der Waals surface area contributed by atoms with Crippen molar-refractivity contribution in [2.24, 2.45) is 7.05 Å². The zero-order chi connectivity index (χ0) is 19.7. The smallest absolute Gasteiger partial charge is 0.188 e. The van der Waals surface area contributed by atoms with Gasteiger partial charge in [0.05, 0.1) is 31.6 Å².